The van der Waals surface area contributed by atoms with Gasteiger partial charge in [0.25, 0.3) is 15.9 Å². The minimum absolute atomic E-state index is 0.0578. The Morgan fingerprint density at radius 2 is 1.79 bits per heavy atom. The summed E-state index contributed by atoms with van der Waals surface area (Å²) in [6.07, 6.45) is 0.368. The summed E-state index contributed by atoms with van der Waals surface area (Å²) in [7, 11) is -2.82. The second-order valence-electron chi connectivity index (χ2n) is 8.37. The molecule has 1 amide bonds. The normalized spacial score (nSPS) is 13.4. The summed E-state index contributed by atoms with van der Waals surface area (Å²) in [5.74, 6) is -0.806. The van der Waals surface area contributed by atoms with Gasteiger partial charge in [-0.1, -0.05) is 35.9 Å². The van der Waals surface area contributed by atoms with Crippen molar-refractivity contribution in [1.29, 1.82) is 0 Å². The summed E-state index contributed by atoms with van der Waals surface area (Å²) in [5.41, 5.74) is 4.39. The Bertz CT molecular complexity index is 1390. The highest BCUT2D eigenvalue weighted by Crippen LogP contribution is 2.38. The van der Waals surface area contributed by atoms with Crippen LogP contribution in [0.25, 0.3) is 0 Å². The summed E-state index contributed by atoms with van der Waals surface area (Å²) >= 11 is 1.02. The van der Waals surface area contributed by atoms with Gasteiger partial charge >= 0.3 is 5.97 Å². The van der Waals surface area contributed by atoms with E-state index in [0.717, 1.165) is 28.0 Å². The van der Waals surface area contributed by atoms with E-state index in [4.69, 9.17) is 4.74 Å². The lowest BCUT2D eigenvalue weighted by atomic mass is 10.0. The fourth-order valence-corrected chi connectivity index (χ4v) is 7.10. The van der Waals surface area contributed by atoms with Gasteiger partial charge in [-0.15, -0.1) is 11.3 Å². The van der Waals surface area contributed by atoms with Gasteiger partial charge in [0.15, 0.2) is 4.21 Å². The van der Waals surface area contributed by atoms with E-state index in [2.05, 4.69) is 4.72 Å². The number of fused-ring (bicyclic) bond motifs is 1. The molecule has 9 heteroatoms. The van der Waals surface area contributed by atoms with E-state index in [9.17, 15) is 18.0 Å². The van der Waals surface area contributed by atoms with E-state index < -0.39 is 16.0 Å². The summed E-state index contributed by atoms with van der Waals surface area (Å²) in [6.45, 7) is 6.24. The van der Waals surface area contributed by atoms with Crippen LogP contribution in [-0.4, -0.2) is 38.8 Å². The van der Waals surface area contributed by atoms with Crippen LogP contribution in [0.4, 0.5) is 5.69 Å². The maximum absolute atomic E-state index is 13.3. The van der Waals surface area contributed by atoms with Crippen molar-refractivity contribution < 1.29 is 22.7 Å². The van der Waals surface area contributed by atoms with Crippen LogP contribution in [0, 0.1) is 20.8 Å². The minimum Gasteiger partial charge on any atom is -0.465 e. The molecule has 1 aromatic heterocycles. The molecular formula is C25H26N2O5S2. The largest absolute Gasteiger partial charge is 0.465 e. The number of thiophene rings is 1. The predicted molar refractivity (Wildman–Crippen MR) is 132 cm³/mol. The van der Waals surface area contributed by atoms with Crippen LogP contribution in [0.15, 0.2) is 46.7 Å². The number of nitrogens with one attached hydrogen (secondary N) is 1. The number of esters is 1. The van der Waals surface area contributed by atoms with E-state index >= 15 is 0 Å². The molecule has 1 N–H and O–H groups in total. The zero-order chi connectivity index (χ0) is 24.6. The number of hydrogen-bond acceptors (Lipinski definition) is 6. The summed E-state index contributed by atoms with van der Waals surface area (Å²) < 4.78 is 34.1. The standard InChI is InChI=1S/C25H26N2O5S2/c1-15-9-10-16(2)19(13-15)23(28)27-12-11-18-21(14-27)33-25(22(18)24(29)32-4)34(30,31)26-20-8-6-5-7-17(20)3/h5-10,13,26H,11-12,14H2,1-4H3. The molecular weight excluding hydrogens is 472 g/mol. The molecule has 7 nitrogen and oxygen atoms in total. The minimum atomic E-state index is -4.05. The van der Waals surface area contributed by atoms with Crippen molar-refractivity contribution in [2.24, 2.45) is 0 Å². The molecule has 0 spiro atoms. The molecule has 34 heavy (non-hydrogen) atoms. The van der Waals surface area contributed by atoms with Gasteiger partial charge < -0.3 is 9.64 Å². The first-order valence-electron chi connectivity index (χ1n) is 10.8. The first-order valence-corrected chi connectivity index (χ1v) is 13.1. The van der Waals surface area contributed by atoms with Gasteiger partial charge in [0.2, 0.25) is 0 Å². The fourth-order valence-electron chi connectivity index (χ4n) is 4.06. The number of hydrogen-bond donors (Lipinski definition) is 1. The maximum Gasteiger partial charge on any atom is 0.340 e. The van der Waals surface area contributed by atoms with Crippen LogP contribution in [0.1, 0.15) is 47.8 Å². The molecule has 2 aromatic carbocycles. The summed E-state index contributed by atoms with van der Waals surface area (Å²) in [5, 5.41) is 0. The number of carbonyl (C=O) groups is 2. The zero-order valence-corrected chi connectivity index (χ0v) is 21.1. The molecule has 2 heterocycles. The maximum atomic E-state index is 13.3. The number of rotatable bonds is 5. The van der Waals surface area contributed by atoms with Crippen molar-refractivity contribution in [3.05, 3.63) is 80.7 Å². The van der Waals surface area contributed by atoms with Crippen LogP contribution in [-0.2, 0) is 27.7 Å². The van der Waals surface area contributed by atoms with Gasteiger partial charge in [0.1, 0.15) is 0 Å². The van der Waals surface area contributed by atoms with Crippen molar-refractivity contribution in [2.75, 3.05) is 18.4 Å². The van der Waals surface area contributed by atoms with Crippen molar-refractivity contribution in [1.82, 2.24) is 4.90 Å². The Morgan fingerprint density at radius 3 is 2.50 bits per heavy atom. The SMILES string of the molecule is COC(=O)c1c(S(=O)(=O)Nc2ccccc2C)sc2c1CCN(C(=O)c1cc(C)ccc1C)C2. The zero-order valence-electron chi connectivity index (χ0n) is 19.5. The number of sulfonamides is 1. The molecule has 4 rings (SSSR count). The number of ether oxygens (including phenoxy) is 1. The molecule has 0 saturated carbocycles. The number of para-hydroxylation sites is 1. The highest BCUT2D eigenvalue weighted by molar-refractivity contribution is 7.94. The molecule has 0 unspecified atom stereocenters. The second-order valence-corrected chi connectivity index (χ2v) is 11.4. The monoisotopic (exact) mass is 498 g/mol. The average Bonchev–Trinajstić information content (AvgIpc) is 3.21. The van der Waals surface area contributed by atoms with Gasteiger partial charge in [-0.05, 0) is 56.0 Å². The van der Waals surface area contributed by atoms with Gasteiger partial charge in [-0.2, -0.15) is 0 Å². The van der Waals surface area contributed by atoms with Gasteiger partial charge in [0.05, 0.1) is 24.9 Å². The number of amides is 1. The van der Waals surface area contributed by atoms with Gasteiger partial charge in [0, 0.05) is 17.0 Å². The molecule has 0 saturated heterocycles. The molecule has 1 aliphatic heterocycles. The highest BCUT2D eigenvalue weighted by Gasteiger charge is 2.35. The Labute approximate surface area is 203 Å². The Morgan fingerprint density at radius 1 is 1.06 bits per heavy atom. The number of anilines is 1. The molecule has 0 atom stereocenters. The average molecular weight is 499 g/mol. The molecule has 0 bridgehead atoms. The number of aryl methyl sites for hydroxylation is 3. The number of benzene rings is 2. The predicted octanol–water partition coefficient (Wildman–Crippen LogP) is 4.46. The third-order valence-electron chi connectivity index (χ3n) is 5.96. The number of carbonyl (C=O) groups excluding carboxylic acids is 2. The van der Waals surface area contributed by atoms with E-state index in [1.165, 1.54) is 7.11 Å². The van der Waals surface area contributed by atoms with Crippen molar-refractivity contribution in [3.8, 4) is 0 Å². The molecule has 0 aliphatic carbocycles. The second kappa shape index (κ2) is 9.23. The lowest BCUT2D eigenvalue weighted by Gasteiger charge is -2.28. The quantitative estimate of drug-likeness (QED) is 0.525. The van der Waals surface area contributed by atoms with Crippen LogP contribution in [0.3, 0.4) is 0 Å². The lowest BCUT2D eigenvalue weighted by Crippen LogP contribution is -2.36. The van der Waals surface area contributed by atoms with Crippen LogP contribution in [0.2, 0.25) is 0 Å². The third kappa shape index (κ3) is 4.45. The summed E-state index contributed by atoms with van der Waals surface area (Å²) in [6, 6.07) is 12.8. The number of methoxy groups -OCH3 is 1. The van der Waals surface area contributed by atoms with Crippen LogP contribution >= 0.6 is 11.3 Å². The van der Waals surface area contributed by atoms with Gasteiger partial charge in [-0.3, -0.25) is 9.52 Å². The van der Waals surface area contributed by atoms with Crippen molar-refractivity contribution >= 4 is 38.9 Å². The molecule has 0 fully saturated rings. The highest BCUT2D eigenvalue weighted by atomic mass is 32.2. The smallest absolute Gasteiger partial charge is 0.340 e. The van der Waals surface area contributed by atoms with Crippen molar-refractivity contribution in [2.45, 2.75) is 37.9 Å². The van der Waals surface area contributed by atoms with E-state index in [-0.39, 0.29) is 22.2 Å². The number of nitrogens with zero attached hydrogens (tertiary/aromatic N) is 1. The van der Waals surface area contributed by atoms with E-state index in [0.29, 0.717) is 34.7 Å². The molecule has 0 radical (unpaired) electrons. The van der Waals surface area contributed by atoms with Gasteiger partial charge in [-0.25, -0.2) is 13.2 Å². The van der Waals surface area contributed by atoms with E-state index in [1.54, 1.807) is 30.0 Å². The Balaban J connectivity index is 1.72. The van der Waals surface area contributed by atoms with Crippen LogP contribution in [0.5, 0.6) is 0 Å². The van der Waals surface area contributed by atoms with E-state index in [1.807, 2.05) is 38.1 Å². The Hall–Kier alpha value is -3.17. The topological polar surface area (TPSA) is 92.8 Å². The molecule has 3 aromatic rings. The fraction of sp³-hybridized carbons (Fsp3) is 0.280. The third-order valence-corrected chi connectivity index (χ3v) is 9.06. The van der Waals surface area contributed by atoms with Crippen molar-refractivity contribution in [3.63, 3.8) is 0 Å². The van der Waals surface area contributed by atoms with Crippen LogP contribution < -0.4 is 4.72 Å². The lowest BCUT2D eigenvalue weighted by molar-refractivity contribution is 0.0595. The first-order chi connectivity index (χ1) is 16.1. The molecule has 1 aliphatic rings. The molecule has 178 valence electrons. The first kappa shape index (κ1) is 24.0. The Kier molecular flexibility index (Phi) is 6.51. The summed E-state index contributed by atoms with van der Waals surface area (Å²) in [4.78, 5) is 28.3.